The average molecular weight is 140 g/mol. The molecule has 2 aliphatic heterocycles. The molecule has 2 aliphatic rings. The topological polar surface area (TPSA) is 21.8 Å². The molecule has 10 heavy (non-hydrogen) atoms. The molecule has 0 aliphatic carbocycles. The monoisotopic (exact) mass is 140 g/mol. The first-order valence-electron chi connectivity index (χ1n) is 3.76. The maximum Gasteiger partial charge on any atom is 0.113 e. The number of hydrogen-bond donors (Lipinski definition) is 0. The summed E-state index contributed by atoms with van der Waals surface area (Å²) in [5.41, 5.74) is 1.39. The van der Waals surface area contributed by atoms with Crippen molar-refractivity contribution in [2.75, 3.05) is 13.2 Å². The van der Waals surface area contributed by atoms with Crippen LogP contribution in [0.25, 0.3) is 0 Å². The highest BCUT2D eigenvalue weighted by Crippen LogP contribution is 2.37. The molecular weight excluding hydrogens is 128 g/mol. The van der Waals surface area contributed by atoms with Crippen molar-refractivity contribution >= 4 is 0 Å². The second-order valence-electron chi connectivity index (χ2n) is 3.14. The van der Waals surface area contributed by atoms with Crippen molar-refractivity contribution in [2.45, 2.75) is 25.4 Å². The Morgan fingerprint density at radius 3 is 2.90 bits per heavy atom. The normalized spacial score (nSPS) is 38.3. The Morgan fingerprint density at radius 2 is 2.40 bits per heavy atom. The highest BCUT2D eigenvalue weighted by Gasteiger charge is 2.43. The largest absolute Gasteiger partial charge is 0.501 e. The van der Waals surface area contributed by atoms with Gasteiger partial charge in [-0.15, -0.1) is 0 Å². The van der Waals surface area contributed by atoms with Crippen molar-refractivity contribution < 1.29 is 9.47 Å². The number of epoxide rings is 1. The van der Waals surface area contributed by atoms with E-state index in [1.54, 1.807) is 0 Å². The molecule has 2 heteroatoms. The Labute approximate surface area is 60.8 Å². The number of rotatable bonds is 1. The van der Waals surface area contributed by atoms with E-state index < -0.39 is 0 Å². The van der Waals surface area contributed by atoms with Gasteiger partial charge in [0.05, 0.1) is 19.5 Å². The first-order chi connectivity index (χ1) is 4.81. The van der Waals surface area contributed by atoms with E-state index in [4.69, 9.17) is 9.47 Å². The van der Waals surface area contributed by atoms with Gasteiger partial charge in [-0.1, -0.05) is 0 Å². The summed E-state index contributed by atoms with van der Waals surface area (Å²) in [6.07, 6.45) is 4.16. The summed E-state index contributed by atoms with van der Waals surface area (Å²) in [5, 5.41) is 0. The van der Waals surface area contributed by atoms with Crippen LogP contribution in [0.4, 0.5) is 0 Å². The Hall–Kier alpha value is -0.500. The van der Waals surface area contributed by atoms with Crippen LogP contribution in [0.5, 0.6) is 0 Å². The van der Waals surface area contributed by atoms with Crippen LogP contribution in [-0.2, 0) is 9.47 Å². The van der Waals surface area contributed by atoms with E-state index in [0.717, 1.165) is 26.1 Å². The molecule has 1 saturated heterocycles. The lowest BCUT2D eigenvalue weighted by Crippen LogP contribution is -2.13. The maximum atomic E-state index is 5.29. The van der Waals surface area contributed by atoms with E-state index in [1.165, 1.54) is 5.57 Å². The van der Waals surface area contributed by atoms with Gasteiger partial charge >= 0.3 is 0 Å². The van der Waals surface area contributed by atoms with Gasteiger partial charge in [-0.2, -0.15) is 0 Å². The zero-order chi connectivity index (χ0) is 7.03. The third kappa shape index (κ3) is 0.926. The lowest BCUT2D eigenvalue weighted by molar-refractivity contribution is 0.211. The Bertz CT molecular complexity index is 168. The molecule has 0 aromatic rings. The zero-order valence-electron chi connectivity index (χ0n) is 6.22. The highest BCUT2D eigenvalue weighted by molar-refractivity contribution is 5.20. The molecule has 1 unspecified atom stereocenters. The molecular formula is C8H12O2. The molecule has 2 nitrogen and oxygen atoms in total. The summed E-state index contributed by atoms with van der Waals surface area (Å²) >= 11 is 0. The van der Waals surface area contributed by atoms with Crippen molar-refractivity contribution in [3.05, 3.63) is 11.8 Å². The van der Waals surface area contributed by atoms with Crippen molar-refractivity contribution in [3.8, 4) is 0 Å². The fourth-order valence-corrected chi connectivity index (χ4v) is 1.25. The van der Waals surface area contributed by atoms with Crippen LogP contribution >= 0.6 is 0 Å². The van der Waals surface area contributed by atoms with E-state index in [0.29, 0.717) is 0 Å². The van der Waals surface area contributed by atoms with Gasteiger partial charge < -0.3 is 9.47 Å². The fourth-order valence-electron chi connectivity index (χ4n) is 1.25. The first-order valence-corrected chi connectivity index (χ1v) is 3.76. The average Bonchev–Trinajstić information content (AvgIpc) is 2.72. The molecule has 2 heterocycles. The fraction of sp³-hybridized carbons (Fsp3) is 0.750. The molecule has 1 atom stereocenters. The van der Waals surface area contributed by atoms with E-state index in [9.17, 15) is 0 Å². The smallest absolute Gasteiger partial charge is 0.113 e. The molecule has 0 N–H and O–H groups in total. The van der Waals surface area contributed by atoms with Crippen LogP contribution in [0.15, 0.2) is 11.8 Å². The summed E-state index contributed by atoms with van der Waals surface area (Å²) in [4.78, 5) is 0. The Morgan fingerprint density at radius 1 is 1.60 bits per heavy atom. The van der Waals surface area contributed by atoms with E-state index in [-0.39, 0.29) is 5.60 Å². The molecule has 0 aromatic heterocycles. The maximum absolute atomic E-state index is 5.29. The lowest BCUT2D eigenvalue weighted by atomic mass is 9.98. The summed E-state index contributed by atoms with van der Waals surface area (Å²) in [5.74, 6) is 0. The van der Waals surface area contributed by atoms with E-state index in [2.05, 4.69) is 6.92 Å². The summed E-state index contributed by atoms with van der Waals surface area (Å²) in [6.45, 7) is 3.87. The van der Waals surface area contributed by atoms with Gasteiger partial charge in [0.15, 0.2) is 0 Å². The number of hydrogen-bond acceptors (Lipinski definition) is 2. The predicted molar refractivity (Wildman–Crippen MR) is 37.6 cm³/mol. The van der Waals surface area contributed by atoms with Gasteiger partial charge in [0.25, 0.3) is 0 Å². The summed E-state index contributed by atoms with van der Waals surface area (Å²) in [6, 6.07) is 0. The summed E-state index contributed by atoms with van der Waals surface area (Å²) in [7, 11) is 0. The van der Waals surface area contributed by atoms with E-state index in [1.807, 2.05) is 6.26 Å². The standard InChI is InChI=1S/C8H12O2/c1-8(6-10-8)7-3-2-4-9-5-7/h5H,2-4,6H2,1H3. The van der Waals surface area contributed by atoms with Gasteiger partial charge in [0.1, 0.15) is 5.60 Å². The minimum absolute atomic E-state index is 0.0560. The van der Waals surface area contributed by atoms with Crippen LogP contribution in [-0.4, -0.2) is 18.8 Å². The van der Waals surface area contributed by atoms with Crippen LogP contribution in [0, 0.1) is 0 Å². The predicted octanol–water partition coefficient (Wildman–Crippen LogP) is 1.47. The van der Waals surface area contributed by atoms with Crippen molar-refractivity contribution in [1.82, 2.24) is 0 Å². The molecule has 0 amide bonds. The molecule has 0 aromatic carbocycles. The van der Waals surface area contributed by atoms with Crippen molar-refractivity contribution in [3.63, 3.8) is 0 Å². The van der Waals surface area contributed by atoms with Gasteiger partial charge in [-0.25, -0.2) is 0 Å². The molecule has 2 rings (SSSR count). The van der Waals surface area contributed by atoms with Gasteiger partial charge in [0, 0.05) is 0 Å². The van der Waals surface area contributed by atoms with Gasteiger partial charge in [0.2, 0.25) is 0 Å². The minimum Gasteiger partial charge on any atom is -0.501 e. The Kier molecular flexibility index (Phi) is 1.24. The van der Waals surface area contributed by atoms with Gasteiger partial charge in [-0.05, 0) is 25.3 Å². The molecule has 1 fully saturated rings. The molecule has 56 valence electrons. The van der Waals surface area contributed by atoms with Crippen LogP contribution in [0.2, 0.25) is 0 Å². The molecule has 0 bridgehead atoms. The highest BCUT2D eigenvalue weighted by atomic mass is 16.6. The third-order valence-corrected chi connectivity index (χ3v) is 2.19. The van der Waals surface area contributed by atoms with E-state index >= 15 is 0 Å². The third-order valence-electron chi connectivity index (χ3n) is 2.19. The van der Waals surface area contributed by atoms with Crippen molar-refractivity contribution in [1.29, 1.82) is 0 Å². The summed E-state index contributed by atoms with van der Waals surface area (Å²) < 4.78 is 10.5. The lowest BCUT2D eigenvalue weighted by Gasteiger charge is -2.15. The first kappa shape index (κ1) is 6.23. The number of ether oxygens (including phenoxy) is 2. The van der Waals surface area contributed by atoms with Crippen LogP contribution in [0.3, 0.4) is 0 Å². The minimum atomic E-state index is 0.0560. The van der Waals surface area contributed by atoms with Crippen LogP contribution < -0.4 is 0 Å². The molecule has 0 spiro atoms. The zero-order valence-corrected chi connectivity index (χ0v) is 6.22. The second-order valence-corrected chi connectivity index (χ2v) is 3.14. The van der Waals surface area contributed by atoms with Crippen LogP contribution in [0.1, 0.15) is 19.8 Å². The quantitative estimate of drug-likeness (QED) is 0.514. The molecule has 0 radical (unpaired) electrons. The Balaban J connectivity index is 2.08. The van der Waals surface area contributed by atoms with Gasteiger partial charge in [-0.3, -0.25) is 0 Å². The SMILES string of the molecule is CC1(C2=COCCC2)CO1. The second kappa shape index (κ2) is 1.99. The molecule has 0 saturated carbocycles. The van der Waals surface area contributed by atoms with Crippen molar-refractivity contribution in [2.24, 2.45) is 0 Å².